The second-order valence-corrected chi connectivity index (χ2v) is 5.52. The highest BCUT2D eigenvalue weighted by Crippen LogP contribution is 2.28. The van der Waals surface area contributed by atoms with Crippen molar-refractivity contribution in [1.29, 1.82) is 0 Å². The zero-order valence-electron chi connectivity index (χ0n) is 11.5. The molecule has 2 rings (SSSR count). The largest absolute Gasteiger partial charge is 0.380 e. The predicted octanol–water partition coefficient (Wildman–Crippen LogP) is 2.44. The molecule has 2 aliphatic heterocycles. The Morgan fingerprint density at radius 1 is 1.35 bits per heavy atom. The van der Waals surface area contributed by atoms with Crippen LogP contribution in [-0.2, 0) is 9.47 Å². The minimum absolute atomic E-state index is 0.355. The quantitative estimate of drug-likeness (QED) is 0.738. The minimum atomic E-state index is 0.355. The molecule has 2 aliphatic rings. The molecule has 1 unspecified atom stereocenters. The molecule has 0 bridgehead atoms. The molecule has 2 fully saturated rings. The van der Waals surface area contributed by atoms with Crippen LogP contribution >= 0.6 is 0 Å². The summed E-state index contributed by atoms with van der Waals surface area (Å²) in [6, 6.07) is 1.25. The predicted molar refractivity (Wildman–Crippen MR) is 69.3 cm³/mol. The number of ether oxygens (including phenoxy) is 2. The molecular weight excluding hydrogens is 214 g/mol. The molecule has 0 radical (unpaired) electrons. The van der Waals surface area contributed by atoms with E-state index in [1.165, 1.54) is 25.8 Å². The van der Waals surface area contributed by atoms with Gasteiger partial charge in [-0.15, -0.1) is 0 Å². The van der Waals surface area contributed by atoms with Crippen molar-refractivity contribution in [1.82, 2.24) is 4.90 Å². The van der Waals surface area contributed by atoms with E-state index in [1.807, 2.05) is 0 Å². The van der Waals surface area contributed by atoms with Gasteiger partial charge in [-0.25, -0.2) is 0 Å². The number of likely N-dealkylation sites (tertiary alicyclic amines) is 1. The van der Waals surface area contributed by atoms with E-state index >= 15 is 0 Å². The summed E-state index contributed by atoms with van der Waals surface area (Å²) in [5.74, 6) is 0. The highest BCUT2D eigenvalue weighted by Gasteiger charge is 2.36. The van der Waals surface area contributed by atoms with Gasteiger partial charge in [-0.1, -0.05) is 6.92 Å². The van der Waals surface area contributed by atoms with E-state index in [2.05, 4.69) is 25.7 Å². The van der Waals surface area contributed by atoms with Crippen LogP contribution in [0.4, 0.5) is 0 Å². The van der Waals surface area contributed by atoms with Gasteiger partial charge in [-0.3, -0.25) is 4.90 Å². The molecule has 100 valence electrons. The Labute approximate surface area is 105 Å². The van der Waals surface area contributed by atoms with Crippen LogP contribution in [0, 0.1) is 0 Å². The van der Waals surface area contributed by atoms with E-state index in [4.69, 9.17) is 9.47 Å². The maximum Gasteiger partial charge on any atom is 0.0705 e. The number of hydrogen-bond donors (Lipinski definition) is 0. The maximum absolute atomic E-state index is 6.09. The van der Waals surface area contributed by atoms with Crippen LogP contribution in [0.1, 0.15) is 46.5 Å². The van der Waals surface area contributed by atoms with Crippen molar-refractivity contribution in [3.8, 4) is 0 Å². The van der Waals surface area contributed by atoms with Crippen molar-refractivity contribution in [2.75, 3.05) is 19.8 Å². The van der Waals surface area contributed by atoms with Crippen LogP contribution in [0.25, 0.3) is 0 Å². The van der Waals surface area contributed by atoms with E-state index in [-0.39, 0.29) is 0 Å². The monoisotopic (exact) mass is 241 g/mol. The van der Waals surface area contributed by atoms with Crippen LogP contribution in [-0.4, -0.2) is 49.0 Å². The number of nitrogens with zero attached hydrogens (tertiary/aromatic N) is 1. The van der Waals surface area contributed by atoms with Gasteiger partial charge in [0.05, 0.1) is 18.8 Å². The summed E-state index contributed by atoms with van der Waals surface area (Å²) in [6.07, 6.45) is 5.64. The number of hydrogen-bond acceptors (Lipinski definition) is 3. The lowest BCUT2D eigenvalue weighted by atomic mass is 10.1. The Kier molecular flexibility index (Phi) is 4.83. The van der Waals surface area contributed by atoms with Crippen molar-refractivity contribution < 1.29 is 9.47 Å². The Balaban J connectivity index is 1.89. The fourth-order valence-corrected chi connectivity index (χ4v) is 3.11. The fourth-order valence-electron chi connectivity index (χ4n) is 3.11. The zero-order valence-corrected chi connectivity index (χ0v) is 11.5. The van der Waals surface area contributed by atoms with Gasteiger partial charge in [0.2, 0.25) is 0 Å². The maximum atomic E-state index is 6.09. The van der Waals surface area contributed by atoms with Gasteiger partial charge >= 0.3 is 0 Å². The topological polar surface area (TPSA) is 21.7 Å². The van der Waals surface area contributed by atoms with E-state index in [9.17, 15) is 0 Å². The second-order valence-electron chi connectivity index (χ2n) is 5.52. The molecule has 0 spiro atoms. The molecule has 4 atom stereocenters. The van der Waals surface area contributed by atoms with Crippen LogP contribution in [0.2, 0.25) is 0 Å². The first-order valence-corrected chi connectivity index (χ1v) is 7.21. The molecule has 3 nitrogen and oxygen atoms in total. The lowest BCUT2D eigenvalue weighted by molar-refractivity contribution is -0.0420. The molecule has 2 saturated heterocycles. The van der Waals surface area contributed by atoms with E-state index in [0.29, 0.717) is 24.3 Å². The van der Waals surface area contributed by atoms with Gasteiger partial charge in [0, 0.05) is 18.7 Å². The number of rotatable bonds is 5. The first-order chi connectivity index (χ1) is 8.22. The molecule has 0 aromatic heterocycles. The summed E-state index contributed by atoms with van der Waals surface area (Å²) < 4.78 is 11.6. The van der Waals surface area contributed by atoms with Crippen LogP contribution in [0.15, 0.2) is 0 Å². The Morgan fingerprint density at radius 2 is 2.18 bits per heavy atom. The smallest absolute Gasteiger partial charge is 0.0705 e. The van der Waals surface area contributed by atoms with Crippen molar-refractivity contribution in [3.63, 3.8) is 0 Å². The van der Waals surface area contributed by atoms with Gasteiger partial charge in [0.15, 0.2) is 0 Å². The molecule has 0 saturated carbocycles. The SMILES string of the molecule is CCC(C)O[C@@H](C)[C@@H]1CCCN1[C@@H]1CCOC1. The molecule has 0 aromatic rings. The normalized spacial score (nSPS) is 34.1. The van der Waals surface area contributed by atoms with Crippen molar-refractivity contribution in [3.05, 3.63) is 0 Å². The van der Waals surface area contributed by atoms with Crippen LogP contribution in [0.5, 0.6) is 0 Å². The van der Waals surface area contributed by atoms with E-state index < -0.39 is 0 Å². The van der Waals surface area contributed by atoms with Gasteiger partial charge in [0.1, 0.15) is 0 Å². The third-order valence-corrected chi connectivity index (χ3v) is 4.28. The third-order valence-electron chi connectivity index (χ3n) is 4.28. The molecular formula is C14H27NO2. The van der Waals surface area contributed by atoms with Crippen LogP contribution in [0.3, 0.4) is 0 Å². The summed E-state index contributed by atoms with van der Waals surface area (Å²) in [5, 5.41) is 0. The molecule has 17 heavy (non-hydrogen) atoms. The van der Waals surface area contributed by atoms with Gasteiger partial charge in [-0.05, 0) is 46.1 Å². The summed E-state index contributed by atoms with van der Waals surface area (Å²) in [4.78, 5) is 2.64. The fraction of sp³-hybridized carbons (Fsp3) is 1.00. The first-order valence-electron chi connectivity index (χ1n) is 7.21. The molecule has 0 N–H and O–H groups in total. The third kappa shape index (κ3) is 3.21. The minimum Gasteiger partial charge on any atom is -0.380 e. The Hall–Kier alpha value is -0.120. The van der Waals surface area contributed by atoms with Crippen molar-refractivity contribution in [2.24, 2.45) is 0 Å². The summed E-state index contributed by atoms with van der Waals surface area (Å²) in [7, 11) is 0. The Bertz CT molecular complexity index is 228. The van der Waals surface area contributed by atoms with Crippen molar-refractivity contribution in [2.45, 2.75) is 70.7 Å². The lowest BCUT2D eigenvalue weighted by Gasteiger charge is -2.34. The molecule has 0 aliphatic carbocycles. The standard InChI is InChI=1S/C14H27NO2/c1-4-11(2)17-12(3)14-6-5-8-15(14)13-7-9-16-10-13/h11-14H,4-10H2,1-3H3/t11?,12-,13+,14-/m0/s1. The summed E-state index contributed by atoms with van der Waals surface area (Å²) in [5.41, 5.74) is 0. The van der Waals surface area contributed by atoms with E-state index in [1.54, 1.807) is 0 Å². The second kappa shape index (κ2) is 6.17. The summed E-state index contributed by atoms with van der Waals surface area (Å²) >= 11 is 0. The zero-order chi connectivity index (χ0) is 12.3. The Morgan fingerprint density at radius 3 is 2.82 bits per heavy atom. The van der Waals surface area contributed by atoms with E-state index in [0.717, 1.165) is 19.6 Å². The van der Waals surface area contributed by atoms with Crippen LogP contribution < -0.4 is 0 Å². The molecule has 3 heteroatoms. The summed E-state index contributed by atoms with van der Waals surface area (Å²) in [6.45, 7) is 9.70. The lowest BCUT2D eigenvalue weighted by Crippen LogP contribution is -2.46. The van der Waals surface area contributed by atoms with Gasteiger partial charge < -0.3 is 9.47 Å². The highest BCUT2D eigenvalue weighted by molar-refractivity contribution is 4.90. The van der Waals surface area contributed by atoms with Gasteiger partial charge in [-0.2, -0.15) is 0 Å². The van der Waals surface area contributed by atoms with Crippen molar-refractivity contribution >= 4 is 0 Å². The average molecular weight is 241 g/mol. The molecule has 0 aromatic carbocycles. The average Bonchev–Trinajstić information content (AvgIpc) is 2.98. The molecule has 2 heterocycles. The first kappa shape index (κ1) is 13.3. The van der Waals surface area contributed by atoms with Gasteiger partial charge in [0.25, 0.3) is 0 Å². The highest BCUT2D eigenvalue weighted by atomic mass is 16.5. The molecule has 0 amide bonds.